The monoisotopic (exact) mass is 124 g/mol. The van der Waals surface area contributed by atoms with E-state index in [1.807, 2.05) is 6.92 Å². The Bertz CT molecular complexity index is 83.0. The Hall–Kier alpha value is 0.0274. The molecule has 2 N–H and O–H groups in total. The fraction of sp³-hybridized carbons (Fsp3) is 0.800. The van der Waals surface area contributed by atoms with Crippen LogP contribution in [0.4, 0.5) is 0 Å². The SMILES string of the molecule is CCC(NC)C(=O)O.[Li]. The normalized spacial score (nSPS) is 11.8. The molecule has 0 aromatic rings. The molecular weight excluding hydrogens is 113 g/mol. The van der Waals surface area contributed by atoms with Gasteiger partial charge in [0.25, 0.3) is 0 Å². The Morgan fingerprint density at radius 3 is 2.22 bits per heavy atom. The van der Waals surface area contributed by atoms with E-state index in [2.05, 4.69) is 5.32 Å². The van der Waals surface area contributed by atoms with Gasteiger partial charge >= 0.3 is 5.97 Å². The number of carboxylic acids is 1. The van der Waals surface area contributed by atoms with E-state index < -0.39 is 5.97 Å². The van der Waals surface area contributed by atoms with Crippen molar-refractivity contribution in [1.82, 2.24) is 5.32 Å². The number of aliphatic carboxylic acids is 1. The molecular formula is C5H11LiNO2. The maximum absolute atomic E-state index is 10.1. The first-order chi connectivity index (χ1) is 3.72. The molecule has 0 fully saturated rings. The summed E-state index contributed by atoms with van der Waals surface area (Å²) in [5.41, 5.74) is 0. The molecule has 0 heterocycles. The molecule has 0 saturated carbocycles. The van der Waals surface area contributed by atoms with Gasteiger partial charge in [-0.2, -0.15) is 0 Å². The second-order valence-electron chi connectivity index (χ2n) is 1.59. The topological polar surface area (TPSA) is 49.3 Å². The predicted octanol–water partition coefficient (Wildman–Crippen LogP) is -0.312. The van der Waals surface area contributed by atoms with Gasteiger partial charge in [0.05, 0.1) is 0 Å². The van der Waals surface area contributed by atoms with E-state index in [1.54, 1.807) is 7.05 Å². The molecule has 0 rings (SSSR count). The quantitative estimate of drug-likeness (QED) is 0.507. The molecule has 1 atom stereocenters. The molecule has 4 heteroatoms. The van der Waals surface area contributed by atoms with Gasteiger partial charge in [-0.05, 0) is 13.5 Å². The molecule has 9 heavy (non-hydrogen) atoms. The van der Waals surface area contributed by atoms with Crippen LogP contribution in [0.1, 0.15) is 13.3 Å². The van der Waals surface area contributed by atoms with E-state index in [0.717, 1.165) is 0 Å². The minimum atomic E-state index is -0.782. The molecule has 1 radical (unpaired) electrons. The summed E-state index contributed by atoms with van der Waals surface area (Å²) in [6.07, 6.45) is 0.631. The number of hydrogen-bond acceptors (Lipinski definition) is 2. The molecule has 0 aliphatic heterocycles. The summed E-state index contributed by atoms with van der Waals surface area (Å²) >= 11 is 0. The van der Waals surface area contributed by atoms with Crippen LogP contribution < -0.4 is 5.32 Å². The smallest absolute Gasteiger partial charge is 0.320 e. The summed E-state index contributed by atoms with van der Waals surface area (Å²) in [4.78, 5) is 10.1. The van der Waals surface area contributed by atoms with Crippen LogP contribution >= 0.6 is 0 Å². The van der Waals surface area contributed by atoms with Gasteiger partial charge in [-0.15, -0.1) is 0 Å². The van der Waals surface area contributed by atoms with Crippen LogP contribution in [0.15, 0.2) is 0 Å². The van der Waals surface area contributed by atoms with Crippen LogP contribution in [0.3, 0.4) is 0 Å². The fourth-order valence-corrected chi connectivity index (χ4v) is 0.502. The molecule has 49 valence electrons. The molecule has 0 aromatic carbocycles. The Balaban J connectivity index is 0. The zero-order valence-electron chi connectivity index (χ0n) is 6.14. The Kier molecular flexibility index (Phi) is 8.05. The molecule has 0 amide bonds. The third-order valence-electron chi connectivity index (χ3n) is 1.05. The van der Waals surface area contributed by atoms with Gasteiger partial charge < -0.3 is 10.4 Å². The Morgan fingerprint density at radius 2 is 2.22 bits per heavy atom. The minimum absolute atomic E-state index is 0. The van der Waals surface area contributed by atoms with Crippen molar-refractivity contribution in [3.63, 3.8) is 0 Å². The third-order valence-corrected chi connectivity index (χ3v) is 1.05. The van der Waals surface area contributed by atoms with Crippen LogP contribution in [0.5, 0.6) is 0 Å². The molecule has 0 spiro atoms. The van der Waals surface area contributed by atoms with Gasteiger partial charge in [0, 0.05) is 18.9 Å². The van der Waals surface area contributed by atoms with E-state index in [9.17, 15) is 4.79 Å². The predicted molar refractivity (Wildman–Crippen MR) is 36.5 cm³/mol. The van der Waals surface area contributed by atoms with Crippen molar-refractivity contribution in [2.75, 3.05) is 7.05 Å². The first-order valence-corrected chi connectivity index (χ1v) is 2.62. The molecule has 0 aromatic heterocycles. The van der Waals surface area contributed by atoms with E-state index in [1.165, 1.54) is 0 Å². The fourth-order valence-electron chi connectivity index (χ4n) is 0.502. The Labute approximate surface area is 67.0 Å². The van der Waals surface area contributed by atoms with E-state index in [-0.39, 0.29) is 24.9 Å². The standard InChI is InChI=1S/C5H11NO2.Li/c1-3-4(6-2)5(7)8;/h4,6H,3H2,1-2H3,(H,7,8);. The van der Waals surface area contributed by atoms with E-state index >= 15 is 0 Å². The third kappa shape index (κ3) is 4.53. The van der Waals surface area contributed by atoms with Crippen LogP contribution in [-0.4, -0.2) is 43.0 Å². The minimum Gasteiger partial charge on any atom is -0.480 e. The largest absolute Gasteiger partial charge is 0.480 e. The van der Waals surface area contributed by atoms with Crippen molar-refractivity contribution in [2.45, 2.75) is 19.4 Å². The van der Waals surface area contributed by atoms with Gasteiger partial charge in [-0.1, -0.05) is 6.92 Å². The van der Waals surface area contributed by atoms with Crippen molar-refractivity contribution in [1.29, 1.82) is 0 Å². The average Bonchev–Trinajstić information content (AvgIpc) is 1.69. The van der Waals surface area contributed by atoms with Crippen molar-refractivity contribution < 1.29 is 9.90 Å². The maximum atomic E-state index is 10.1. The summed E-state index contributed by atoms with van der Waals surface area (Å²) in [7, 11) is 1.64. The molecule has 3 nitrogen and oxygen atoms in total. The second-order valence-corrected chi connectivity index (χ2v) is 1.59. The van der Waals surface area contributed by atoms with Gasteiger partial charge in [0.2, 0.25) is 0 Å². The molecule has 0 saturated heterocycles. The van der Waals surface area contributed by atoms with Gasteiger partial charge in [0.1, 0.15) is 6.04 Å². The first-order valence-electron chi connectivity index (χ1n) is 2.62. The second kappa shape index (κ2) is 6.15. The van der Waals surface area contributed by atoms with Crippen LogP contribution in [-0.2, 0) is 4.79 Å². The summed E-state index contributed by atoms with van der Waals surface area (Å²) < 4.78 is 0. The van der Waals surface area contributed by atoms with E-state index in [0.29, 0.717) is 6.42 Å². The van der Waals surface area contributed by atoms with Gasteiger partial charge in [-0.3, -0.25) is 4.79 Å². The molecule has 0 aliphatic rings. The zero-order chi connectivity index (χ0) is 6.57. The van der Waals surface area contributed by atoms with Crippen molar-refractivity contribution in [3.05, 3.63) is 0 Å². The first kappa shape index (κ1) is 11.8. The number of likely N-dealkylation sites (N-methyl/N-ethyl adjacent to an activating group) is 1. The summed E-state index contributed by atoms with van der Waals surface area (Å²) in [5.74, 6) is -0.782. The Morgan fingerprint density at radius 1 is 1.78 bits per heavy atom. The summed E-state index contributed by atoms with van der Waals surface area (Å²) in [6.45, 7) is 1.83. The van der Waals surface area contributed by atoms with Crippen LogP contribution in [0.25, 0.3) is 0 Å². The molecule has 1 unspecified atom stereocenters. The number of carbonyl (C=O) groups is 1. The molecule has 0 bridgehead atoms. The number of carboxylic acid groups (broad SMARTS) is 1. The van der Waals surface area contributed by atoms with Crippen molar-refractivity contribution >= 4 is 24.8 Å². The number of hydrogen-bond donors (Lipinski definition) is 2. The van der Waals surface area contributed by atoms with Gasteiger partial charge in [-0.25, -0.2) is 0 Å². The maximum Gasteiger partial charge on any atom is 0.320 e. The van der Waals surface area contributed by atoms with Crippen molar-refractivity contribution in [2.24, 2.45) is 0 Å². The van der Waals surface area contributed by atoms with Crippen LogP contribution in [0.2, 0.25) is 0 Å². The number of rotatable bonds is 3. The summed E-state index contributed by atoms with van der Waals surface area (Å²) in [6, 6.07) is -0.380. The summed E-state index contributed by atoms with van der Waals surface area (Å²) in [5, 5.41) is 11.0. The van der Waals surface area contributed by atoms with E-state index in [4.69, 9.17) is 5.11 Å². The van der Waals surface area contributed by atoms with Crippen LogP contribution in [0, 0.1) is 0 Å². The zero-order valence-corrected chi connectivity index (χ0v) is 6.14. The van der Waals surface area contributed by atoms with Gasteiger partial charge in [0.15, 0.2) is 0 Å². The van der Waals surface area contributed by atoms with Crippen molar-refractivity contribution in [3.8, 4) is 0 Å². The average molecular weight is 124 g/mol. The number of nitrogens with one attached hydrogen (secondary N) is 1. The molecule has 0 aliphatic carbocycles.